The number of hydrogen-bond acceptors (Lipinski definition) is 16. The summed E-state index contributed by atoms with van der Waals surface area (Å²) in [6.45, 7) is 18.4. The first-order valence-electron chi connectivity index (χ1n) is 20.0. The first-order chi connectivity index (χ1) is 25.9. The van der Waals surface area contributed by atoms with Crippen molar-refractivity contribution in [3.63, 3.8) is 0 Å². The summed E-state index contributed by atoms with van der Waals surface area (Å²) in [7, 11) is 6.60. The zero-order chi connectivity index (χ0) is 42.7. The highest BCUT2D eigenvalue weighted by Crippen LogP contribution is 2.41. The molecule has 1 unspecified atom stereocenters. The van der Waals surface area contributed by atoms with E-state index in [1.165, 1.54) is 28.1 Å². The van der Waals surface area contributed by atoms with Gasteiger partial charge in [0.15, 0.2) is 18.7 Å². The largest absolute Gasteiger partial charge is 0.459 e. The predicted molar refractivity (Wildman–Crippen MR) is 205 cm³/mol. The van der Waals surface area contributed by atoms with E-state index < -0.39 is 108 Å². The van der Waals surface area contributed by atoms with Crippen molar-refractivity contribution < 1.29 is 68.0 Å². The van der Waals surface area contributed by atoms with Crippen molar-refractivity contribution in [3.05, 3.63) is 0 Å². The average Bonchev–Trinajstić information content (AvgIpc) is 3.11. The number of aliphatic hydroxyl groups is 4. The number of rotatable bonds is 9. The molecule has 0 aromatic rings. The maximum atomic E-state index is 14.3. The van der Waals surface area contributed by atoms with E-state index in [2.05, 4.69) is 5.16 Å². The summed E-state index contributed by atoms with van der Waals surface area (Å²) in [6, 6.07) is -0.321. The lowest BCUT2D eigenvalue weighted by atomic mass is 9.73. The molecule has 0 aliphatic carbocycles. The van der Waals surface area contributed by atoms with Crippen LogP contribution in [0, 0.1) is 23.7 Å². The molecule has 3 aliphatic heterocycles. The molecule has 0 amide bonds. The molecule has 4 N–H and O–H groups in total. The maximum absolute atomic E-state index is 14.3. The molecule has 326 valence electrons. The van der Waals surface area contributed by atoms with Gasteiger partial charge in [0, 0.05) is 44.2 Å². The molecule has 0 spiro atoms. The molecular weight excluding hydrogens is 732 g/mol. The van der Waals surface area contributed by atoms with Gasteiger partial charge in [-0.1, -0.05) is 32.9 Å². The third-order valence-corrected chi connectivity index (χ3v) is 12.3. The minimum atomic E-state index is -1.93. The summed E-state index contributed by atoms with van der Waals surface area (Å²) in [5.41, 5.74) is -4.36. The van der Waals surface area contributed by atoms with Crippen LogP contribution in [-0.4, -0.2) is 156 Å². The molecule has 0 bridgehead atoms. The molecule has 16 heteroatoms. The molecular formula is C40H72N2O14. The van der Waals surface area contributed by atoms with Crippen LogP contribution in [0.2, 0.25) is 0 Å². The van der Waals surface area contributed by atoms with E-state index in [0.29, 0.717) is 12.1 Å². The van der Waals surface area contributed by atoms with Gasteiger partial charge < -0.3 is 63.3 Å². The number of ether oxygens (including phenoxy) is 7. The van der Waals surface area contributed by atoms with E-state index in [-0.39, 0.29) is 31.4 Å². The number of esters is 2. The molecule has 56 heavy (non-hydrogen) atoms. The van der Waals surface area contributed by atoms with Crippen LogP contribution < -0.4 is 0 Å². The minimum absolute atomic E-state index is 0.00437. The molecule has 16 nitrogen and oxygen atoms in total. The number of oxime groups is 1. The summed E-state index contributed by atoms with van der Waals surface area (Å²) in [5, 5.41) is 52.1. The van der Waals surface area contributed by atoms with Crippen molar-refractivity contribution in [1.82, 2.24) is 4.90 Å². The van der Waals surface area contributed by atoms with Crippen LogP contribution >= 0.6 is 0 Å². The lowest BCUT2D eigenvalue weighted by Crippen LogP contribution is -2.61. The molecule has 0 saturated carbocycles. The number of aliphatic hydroxyl groups excluding tert-OH is 2. The van der Waals surface area contributed by atoms with E-state index in [1.54, 1.807) is 48.5 Å². The fraction of sp³-hybridized carbons (Fsp3) is 0.925. The SMILES string of the molecule is CC[C@@H]1OC(=O)[C@H](C)[C@@H](O[C@H]2C[C@@](C)(OC)[C@@H](OC(C)=O)[C@H](C)O2)[C@H](C)[C@@H](O[C@@H]2O[C@H](C)C[C@H](N(C)C)[C@H]2O)C(C)(O)C[C@@H](C)/C(=N\OC)[C@@H](C)[C@@H](O)[C@]1(C)O. The van der Waals surface area contributed by atoms with Crippen LogP contribution in [0.25, 0.3) is 0 Å². The molecule has 0 aromatic heterocycles. The highest BCUT2D eigenvalue weighted by atomic mass is 16.7. The van der Waals surface area contributed by atoms with Crippen LogP contribution in [0.4, 0.5) is 0 Å². The quantitative estimate of drug-likeness (QED) is 0.196. The summed E-state index contributed by atoms with van der Waals surface area (Å²) in [5.74, 6) is -4.51. The number of carbonyl (C=O) groups excluding carboxylic acids is 2. The number of carbonyl (C=O) groups is 2. The monoisotopic (exact) mass is 804 g/mol. The first kappa shape index (κ1) is 48.4. The Labute approximate surface area is 333 Å². The molecule has 0 aromatic carbocycles. The van der Waals surface area contributed by atoms with Crippen LogP contribution in [-0.2, 0) is 47.6 Å². The zero-order valence-electron chi connectivity index (χ0n) is 36.3. The molecule has 3 fully saturated rings. The standard InChI is InChI=1S/C40H72N2O14/c1-16-28-40(11,48)33(45)22(4)30(41-50-15)20(2)18-38(9,47)34(56-37-31(44)27(42(12)13)17-21(3)51-37)23(5)32(24(6)36(46)54-28)55-29-19-39(10,49-14)35(25(7)52-29)53-26(8)43/h20-25,27-29,31-35,37,44-45,47-48H,16-19H2,1-15H3/b41-30+/t20-,21-,22-,23+,24-,25+,27+,28+,29+,31-,32+,33-,34-,35+,37+,38?,39-,40-/m1/s1. The number of hydrogen-bond donors (Lipinski definition) is 4. The van der Waals surface area contributed by atoms with Gasteiger partial charge in [0.2, 0.25) is 0 Å². The molecule has 3 aliphatic rings. The molecule has 3 rings (SSSR count). The zero-order valence-corrected chi connectivity index (χ0v) is 36.3. The normalized spacial score (nSPS) is 46.9. The van der Waals surface area contributed by atoms with Crippen molar-refractivity contribution >= 4 is 17.7 Å². The van der Waals surface area contributed by atoms with Crippen molar-refractivity contribution in [2.45, 2.75) is 186 Å². The smallest absolute Gasteiger partial charge is 0.311 e. The number of nitrogens with zero attached hydrogens (tertiary/aromatic N) is 2. The van der Waals surface area contributed by atoms with Crippen molar-refractivity contribution in [2.24, 2.45) is 28.8 Å². The number of likely N-dealkylation sites (N-methyl/N-ethyl adjacent to an activating group) is 1. The highest BCUT2D eigenvalue weighted by Gasteiger charge is 2.54. The van der Waals surface area contributed by atoms with Gasteiger partial charge in [0.1, 0.15) is 30.5 Å². The Hall–Kier alpha value is -1.99. The van der Waals surface area contributed by atoms with Gasteiger partial charge in [-0.2, -0.15) is 0 Å². The summed E-state index contributed by atoms with van der Waals surface area (Å²) >= 11 is 0. The Bertz CT molecular complexity index is 1330. The maximum Gasteiger partial charge on any atom is 0.311 e. The van der Waals surface area contributed by atoms with Gasteiger partial charge in [-0.3, -0.25) is 9.59 Å². The fourth-order valence-electron chi connectivity index (χ4n) is 9.09. The predicted octanol–water partition coefficient (Wildman–Crippen LogP) is 2.79. The summed E-state index contributed by atoms with van der Waals surface area (Å²) in [4.78, 5) is 33.5. The second kappa shape index (κ2) is 19.4. The Balaban J connectivity index is 2.23. The third-order valence-electron chi connectivity index (χ3n) is 12.3. The second-order valence-corrected chi connectivity index (χ2v) is 17.4. The fourth-order valence-corrected chi connectivity index (χ4v) is 9.09. The van der Waals surface area contributed by atoms with Gasteiger partial charge in [-0.15, -0.1) is 0 Å². The minimum Gasteiger partial charge on any atom is -0.459 e. The lowest BCUT2D eigenvalue weighted by molar-refractivity contribution is -0.318. The van der Waals surface area contributed by atoms with E-state index in [4.69, 9.17) is 38.0 Å². The summed E-state index contributed by atoms with van der Waals surface area (Å²) in [6.07, 6.45) is -9.12. The van der Waals surface area contributed by atoms with Crippen LogP contribution in [0.3, 0.4) is 0 Å². The average molecular weight is 805 g/mol. The Kier molecular flexibility index (Phi) is 16.7. The Morgan fingerprint density at radius 3 is 2.11 bits per heavy atom. The first-order valence-corrected chi connectivity index (χ1v) is 20.0. The number of methoxy groups -OCH3 is 1. The van der Waals surface area contributed by atoms with Gasteiger partial charge in [0.05, 0.1) is 47.8 Å². The van der Waals surface area contributed by atoms with Crippen molar-refractivity contribution in [3.8, 4) is 0 Å². The third kappa shape index (κ3) is 10.8. The highest BCUT2D eigenvalue weighted by molar-refractivity contribution is 5.88. The molecule has 18 atom stereocenters. The molecule has 0 radical (unpaired) electrons. The number of cyclic esters (lactones) is 1. The van der Waals surface area contributed by atoms with E-state index >= 15 is 0 Å². The Morgan fingerprint density at radius 2 is 1.57 bits per heavy atom. The van der Waals surface area contributed by atoms with Gasteiger partial charge in [0.25, 0.3) is 0 Å². The van der Waals surface area contributed by atoms with E-state index in [1.807, 2.05) is 32.8 Å². The van der Waals surface area contributed by atoms with Crippen LogP contribution in [0.1, 0.15) is 102 Å². The summed E-state index contributed by atoms with van der Waals surface area (Å²) < 4.78 is 43.6. The molecule has 3 saturated heterocycles. The second-order valence-electron chi connectivity index (χ2n) is 17.4. The topological polar surface area (TPSA) is 204 Å². The van der Waals surface area contributed by atoms with E-state index in [0.717, 1.165) is 0 Å². The van der Waals surface area contributed by atoms with Crippen LogP contribution in [0.15, 0.2) is 5.16 Å². The van der Waals surface area contributed by atoms with Crippen molar-refractivity contribution in [1.29, 1.82) is 0 Å². The Morgan fingerprint density at radius 1 is 0.946 bits per heavy atom. The van der Waals surface area contributed by atoms with Gasteiger partial charge >= 0.3 is 11.9 Å². The van der Waals surface area contributed by atoms with Gasteiger partial charge in [-0.25, -0.2) is 0 Å². The van der Waals surface area contributed by atoms with Gasteiger partial charge in [-0.05, 0) is 74.9 Å². The molecule has 3 heterocycles. The van der Waals surface area contributed by atoms with E-state index in [9.17, 15) is 30.0 Å². The lowest BCUT2D eigenvalue weighted by Gasteiger charge is -2.49. The van der Waals surface area contributed by atoms with Crippen molar-refractivity contribution in [2.75, 3.05) is 28.3 Å². The van der Waals surface area contributed by atoms with Crippen LogP contribution in [0.5, 0.6) is 0 Å².